The number of aryl methyl sites for hydroxylation is 1. The molecule has 0 spiro atoms. The first kappa shape index (κ1) is 10.4. The molecular weight excluding hydrogens is 186 g/mol. The molecule has 1 fully saturated rings. The van der Waals surface area contributed by atoms with Crippen molar-refractivity contribution >= 4 is 5.82 Å². The molecule has 0 radical (unpaired) electrons. The molecule has 1 aliphatic carbocycles. The van der Waals surface area contributed by atoms with Gasteiger partial charge < -0.3 is 11.1 Å². The highest BCUT2D eigenvalue weighted by atomic mass is 15.0. The van der Waals surface area contributed by atoms with Crippen molar-refractivity contribution in [2.75, 3.05) is 18.4 Å². The second-order valence-corrected chi connectivity index (χ2v) is 4.56. The van der Waals surface area contributed by atoms with E-state index < -0.39 is 0 Å². The van der Waals surface area contributed by atoms with Crippen molar-refractivity contribution in [3.63, 3.8) is 0 Å². The second kappa shape index (κ2) is 4.19. The van der Waals surface area contributed by atoms with E-state index in [1.165, 1.54) is 12.8 Å². The molecule has 0 amide bonds. The van der Waals surface area contributed by atoms with Crippen molar-refractivity contribution in [3.8, 4) is 0 Å². The summed E-state index contributed by atoms with van der Waals surface area (Å²) in [7, 11) is 0. The van der Waals surface area contributed by atoms with E-state index in [2.05, 4.69) is 10.3 Å². The fraction of sp³-hybridized carbons (Fsp3) is 0.583. The Kier molecular flexibility index (Phi) is 2.91. The number of anilines is 1. The number of pyridine rings is 1. The van der Waals surface area contributed by atoms with Gasteiger partial charge >= 0.3 is 0 Å². The average molecular weight is 205 g/mol. The van der Waals surface area contributed by atoms with Gasteiger partial charge in [0.25, 0.3) is 0 Å². The minimum atomic E-state index is 0.472. The van der Waals surface area contributed by atoms with E-state index in [4.69, 9.17) is 5.73 Å². The van der Waals surface area contributed by atoms with Gasteiger partial charge in [-0.05, 0) is 50.3 Å². The van der Waals surface area contributed by atoms with E-state index in [1.54, 1.807) is 0 Å². The summed E-state index contributed by atoms with van der Waals surface area (Å²) in [5, 5.41) is 3.41. The third-order valence-electron chi connectivity index (χ3n) is 3.16. The molecule has 0 aromatic carbocycles. The minimum absolute atomic E-state index is 0.472. The molecule has 0 bridgehead atoms. The van der Waals surface area contributed by atoms with Crippen LogP contribution < -0.4 is 11.1 Å². The third kappa shape index (κ3) is 2.69. The SMILES string of the molecule is Cc1cccc(NCC2(CCN)CC2)n1. The lowest BCUT2D eigenvalue weighted by molar-refractivity contribution is 0.500. The van der Waals surface area contributed by atoms with Crippen LogP contribution in [0.1, 0.15) is 25.0 Å². The Balaban J connectivity index is 1.88. The van der Waals surface area contributed by atoms with Gasteiger partial charge in [-0.1, -0.05) is 6.07 Å². The summed E-state index contributed by atoms with van der Waals surface area (Å²) in [4.78, 5) is 4.42. The molecular formula is C12H19N3. The van der Waals surface area contributed by atoms with Crippen molar-refractivity contribution in [3.05, 3.63) is 23.9 Å². The number of aromatic nitrogens is 1. The van der Waals surface area contributed by atoms with Crippen LogP contribution in [0.4, 0.5) is 5.82 Å². The van der Waals surface area contributed by atoms with Crippen LogP contribution in [0.3, 0.4) is 0 Å². The molecule has 0 atom stereocenters. The molecule has 0 saturated heterocycles. The largest absolute Gasteiger partial charge is 0.370 e. The zero-order chi connectivity index (χ0) is 10.7. The highest BCUT2D eigenvalue weighted by molar-refractivity contribution is 5.35. The molecule has 1 saturated carbocycles. The molecule has 1 aromatic heterocycles. The van der Waals surface area contributed by atoms with E-state index in [9.17, 15) is 0 Å². The zero-order valence-electron chi connectivity index (χ0n) is 9.29. The van der Waals surface area contributed by atoms with Gasteiger partial charge in [-0.25, -0.2) is 4.98 Å². The Morgan fingerprint density at radius 2 is 2.27 bits per heavy atom. The molecule has 3 nitrogen and oxygen atoms in total. The highest BCUT2D eigenvalue weighted by Crippen LogP contribution is 2.48. The normalized spacial score (nSPS) is 17.5. The Morgan fingerprint density at radius 3 is 2.87 bits per heavy atom. The Hall–Kier alpha value is -1.09. The quantitative estimate of drug-likeness (QED) is 0.772. The van der Waals surface area contributed by atoms with Gasteiger partial charge in [0.1, 0.15) is 5.82 Å². The van der Waals surface area contributed by atoms with Crippen LogP contribution >= 0.6 is 0 Å². The summed E-state index contributed by atoms with van der Waals surface area (Å²) in [5.74, 6) is 0.985. The van der Waals surface area contributed by atoms with Crippen molar-refractivity contribution < 1.29 is 0 Å². The first-order chi connectivity index (χ1) is 7.24. The van der Waals surface area contributed by atoms with Crippen LogP contribution in [0.2, 0.25) is 0 Å². The summed E-state index contributed by atoms with van der Waals surface area (Å²) in [5.41, 5.74) is 7.14. The first-order valence-corrected chi connectivity index (χ1v) is 5.62. The maximum Gasteiger partial charge on any atom is 0.126 e. The van der Waals surface area contributed by atoms with Crippen LogP contribution in [-0.2, 0) is 0 Å². The number of hydrogen-bond donors (Lipinski definition) is 2. The van der Waals surface area contributed by atoms with Crippen LogP contribution in [-0.4, -0.2) is 18.1 Å². The minimum Gasteiger partial charge on any atom is -0.370 e. The number of nitrogens with one attached hydrogen (secondary N) is 1. The first-order valence-electron chi connectivity index (χ1n) is 5.62. The fourth-order valence-electron chi connectivity index (χ4n) is 1.92. The lowest BCUT2D eigenvalue weighted by atomic mass is 10.0. The average Bonchev–Trinajstić information content (AvgIpc) is 2.97. The molecule has 15 heavy (non-hydrogen) atoms. The summed E-state index contributed by atoms with van der Waals surface area (Å²) >= 11 is 0. The second-order valence-electron chi connectivity index (χ2n) is 4.56. The van der Waals surface area contributed by atoms with Crippen LogP contribution in [0, 0.1) is 12.3 Å². The van der Waals surface area contributed by atoms with Gasteiger partial charge in [-0.15, -0.1) is 0 Å². The third-order valence-corrected chi connectivity index (χ3v) is 3.16. The number of nitrogens with two attached hydrogens (primary N) is 1. The fourth-order valence-corrected chi connectivity index (χ4v) is 1.92. The number of hydrogen-bond acceptors (Lipinski definition) is 3. The van der Waals surface area contributed by atoms with Crippen LogP contribution in [0.5, 0.6) is 0 Å². The zero-order valence-corrected chi connectivity index (χ0v) is 9.29. The summed E-state index contributed by atoms with van der Waals surface area (Å²) in [6.45, 7) is 3.82. The Labute approximate surface area is 91.1 Å². The van der Waals surface area contributed by atoms with E-state index in [1.807, 2.05) is 25.1 Å². The van der Waals surface area contributed by atoms with Crippen molar-refractivity contribution in [1.82, 2.24) is 4.98 Å². The Bertz CT molecular complexity index is 331. The highest BCUT2D eigenvalue weighted by Gasteiger charge is 2.41. The molecule has 0 aliphatic heterocycles. The molecule has 2 rings (SSSR count). The maximum absolute atomic E-state index is 5.60. The van der Waals surface area contributed by atoms with E-state index >= 15 is 0 Å². The molecule has 82 valence electrons. The maximum atomic E-state index is 5.60. The molecule has 3 heteroatoms. The predicted octanol–water partition coefficient (Wildman–Crippen LogP) is 1.93. The summed E-state index contributed by atoms with van der Waals surface area (Å²) < 4.78 is 0. The molecule has 1 aromatic rings. The number of rotatable bonds is 5. The molecule has 1 heterocycles. The van der Waals surface area contributed by atoms with Crippen molar-refractivity contribution in [2.45, 2.75) is 26.2 Å². The van der Waals surface area contributed by atoms with Crippen LogP contribution in [0.15, 0.2) is 18.2 Å². The summed E-state index contributed by atoms with van der Waals surface area (Å²) in [6.07, 6.45) is 3.75. The van der Waals surface area contributed by atoms with E-state index in [0.29, 0.717) is 5.41 Å². The van der Waals surface area contributed by atoms with Gasteiger partial charge in [-0.3, -0.25) is 0 Å². The van der Waals surface area contributed by atoms with Gasteiger partial charge in [0.05, 0.1) is 0 Å². The van der Waals surface area contributed by atoms with Crippen molar-refractivity contribution in [2.24, 2.45) is 11.1 Å². The van der Waals surface area contributed by atoms with Gasteiger partial charge in [0, 0.05) is 12.2 Å². The van der Waals surface area contributed by atoms with E-state index in [-0.39, 0.29) is 0 Å². The Morgan fingerprint density at radius 1 is 1.47 bits per heavy atom. The molecule has 1 aliphatic rings. The lowest BCUT2D eigenvalue weighted by Crippen LogP contribution is -2.19. The van der Waals surface area contributed by atoms with Gasteiger partial charge in [-0.2, -0.15) is 0 Å². The van der Waals surface area contributed by atoms with Crippen LogP contribution in [0.25, 0.3) is 0 Å². The molecule has 0 unspecified atom stereocenters. The standard InChI is InChI=1S/C12H19N3/c1-10-3-2-4-11(15-10)14-9-12(5-6-12)7-8-13/h2-4H,5-9,13H2,1H3,(H,14,15). The van der Waals surface area contributed by atoms with Gasteiger partial charge in [0.15, 0.2) is 0 Å². The summed E-state index contributed by atoms with van der Waals surface area (Å²) in [6, 6.07) is 6.07. The number of nitrogens with zero attached hydrogens (tertiary/aromatic N) is 1. The van der Waals surface area contributed by atoms with Gasteiger partial charge in [0.2, 0.25) is 0 Å². The lowest BCUT2D eigenvalue weighted by Gasteiger charge is -2.15. The predicted molar refractivity (Wildman–Crippen MR) is 62.8 cm³/mol. The monoisotopic (exact) mass is 205 g/mol. The van der Waals surface area contributed by atoms with E-state index in [0.717, 1.165) is 31.0 Å². The smallest absolute Gasteiger partial charge is 0.126 e. The van der Waals surface area contributed by atoms with Crippen molar-refractivity contribution in [1.29, 1.82) is 0 Å². The molecule has 3 N–H and O–H groups in total. The topological polar surface area (TPSA) is 50.9 Å².